The van der Waals surface area contributed by atoms with Gasteiger partial charge in [-0.05, 0) is 18.6 Å². The van der Waals surface area contributed by atoms with Crippen molar-refractivity contribution in [2.45, 2.75) is 19.8 Å². The van der Waals surface area contributed by atoms with Crippen LogP contribution in [-0.4, -0.2) is 22.5 Å². The third-order valence-electron chi connectivity index (χ3n) is 3.25. The molecule has 2 aromatic rings. The maximum absolute atomic E-state index is 11.9. The van der Waals surface area contributed by atoms with Crippen LogP contribution in [0.1, 0.15) is 30.1 Å². The Morgan fingerprint density at radius 1 is 1.33 bits per heavy atom. The van der Waals surface area contributed by atoms with Crippen molar-refractivity contribution in [2.75, 3.05) is 6.61 Å². The van der Waals surface area contributed by atoms with E-state index in [1.807, 2.05) is 6.92 Å². The first-order valence-corrected chi connectivity index (χ1v) is 7.35. The van der Waals surface area contributed by atoms with Gasteiger partial charge in [-0.15, -0.1) is 0 Å². The first kappa shape index (κ1) is 17.4. The molecule has 0 amide bonds. The Morgan fingerprint density at radius 2 is 2.08 bits per heavy atom. The van der Waals surface area contributed by atoms with E-state index < -0.39 is 16.5 Å². The van der Waals surface area contributed by atoms with Gasteiger partial charge in [-0.3, -0.25) is 19.8 Å². The largest absolute Gasteiger partial charge is 0.378 e. The fraction of sp³-hybridized carbons (Fsp3) is 0.250. The minimum absolute atomic E-state index is 0.136. The minimum atomic E-state index is -0.951. The number of nitrogens with one attached hydrogen (secondary N) is 1. The van der Waals surface area contributed by atoms with Gasteiger partial charge in [-0.2, -0.15) is 4.89 Å². The van der Waals surface area contributed by atoms with E-state index >= 15 is 0 Å². The molecule has 126 valence electrons. The Hall–Kier alpha value is -3.00. The molecule has 1 heterocycles. The summed E-state index contributed by atoms with van der Waals surface area (Å²) in [5, 5.41) is 11.1. The smallest absolute Gasteiger partial charge is 0.328 e. The Bertz CT molecular complexity index is 799. The number of nitrogens with zero attached hydrogens (tertiary/aromatic N) is 1. The van der Waals surface area contributed by atoms with Crippen LogP contribution in [0.3, 0.4) is 0 Å². The van der Waals surface area contributed by atoms with Crippen LogP contribution >= 0.6 is 0 Å². The van der Waals surface area contributed by atoms with E-state index in [1.165, 1.54) is 30.5 Å². The summed E-state index contributed by atoms with van der Waals surface area (Å²) in [5.74, 6) is -0.951. The van der Waals surface area contributed by atoms with Gasteiger partial charge in [-0.1, -0.05) is 25.5 Å². The standard InChI is InChI=1S/C16H16N2O6/c1-2-3-8-23-24-16(20)13-9-11(10-17-15(13)19)12-6-4-5-7-14(12)18(21)22/h4-7,9-10H,2-3,8H2,1H3,(H,17,19). The van der Waals surface area contributed by atoms with E-state index in [0.29, 0.717) is 12.0 Å². The summed E-state index contributed by atoms with van der Waals surface area (Å²) < 4.78 is 0. The number of benzene rings is 1. The van der Waals surface area contributed by atoms with Gasteiger partial charge in [0, 0.05) is 17.8 Å². The molecule has 1 N–H and O–H groups in total. The van der Waals surface area contributed by atoms with Crippen molar-refractivity contribution in [3.05, 3.63) is 62.6 Å². The van der Waals surface area contributed by atoms with E-state index in [0.717, 1.165) is 6.42 Å². The number of nitro benzene ring substituents is 1. The number of hydrogen-bond donors (Lipinski definition) is 1. The molecule has 0 saturated carbocycles. The summed E-state index contributed by atoms with van der Waals surface area (Å²) in [6.45, 7) is 2.18. The summed E-state index contributed by atoms with van der Waals surface area (Å²) in [4.78, 5) is 46.0. The highest BCUT2D eigenvalue weighted by Crippen LogP contribution is 2.28. The lowest BCUT2D eigenvalue weighted by atomic mass is 10.0. The lowest BCUT2D eigenvalue weighted by Crippen LogP contribution is -2.19. The molecule has 0 aliphatic heterocycles. The predicted octanol–water partition coefficient (Wildman–Crippen LogP) is 2.84. The highest BCUT2D eigenvalue weighted by molar-refractivity contribution is 5.90. The van der Waals surface area contributed by atoms with Gasteiger partial charge in [0.2, 0.25) is 0 Å². The number of pyridine rings is 1. The van der Waals surface area contributed by atoms with E-state index in [-0.39, 0.29) is 23.4 Å². The summed E-state index contributed by atoms with van der Waals surface area (Å²) in [6, 6.07) is 7.26. The molecule has 1 aromatic heterocycles. The van der Waals surface area contributed by atoms with Crippen molar-refractivity contribution < 1.29 is 19.5 Å². The third kappa shape index (κ3) is 4.05. The van der Waals surface area contributed by atoms with Crippen molar-refractivity contribution in [1.29, 1.82) is 0 Å². The zero-order valence-corrected chi connectivity index (χ0v) is 13.0. The normalized spacial score (nSPS) is 10.4. The SMILES string of the molecule is CCCCOOC(=O)c1cc(-c2ccccc2[N+](=O)[O-])c[nH]c1=O. The Balaban J connectivity index is 2.31. The molecule has 0 radical (unpaired) electrons. The van der Waals surface area contributed by atoms with E-state index in [4.69, 9.17) is 4.89 Å². The topological polar surface area (TPSA) is 112 Å². The van der Waals surface area contributed by atoms with E-state index in [1.54, 1.807) is 6.07 Å². The predicted molar refractivity (Wildman–Crippen MR) is 85.4 cm³/mol. The number of carbonyl (C=O) groups excluding carboxylic acids is 1. The van der Waals surface area contributed by atoms with Crippen LogP contribution < -0.4 is 5.56 Å². The van der Waals surface area contributed by atoms with Crippen molar-refractivity contribution >= 4 is 11.7 Å². The number of aromatic nitrogens is 1. The average molecular weight is 332 g/mol. The van der Waals surface area contributed by atoms with Crippen molar-refractivity contribution in [3.8, 4) is 11.1 Å². The molecular weight excluding hydrogens is 316 g/mol. The Kier molecular flexibility index (Phi) is 5.80. The first-order valence-electron chi connectivity index (χ1n) is 7.35. The molecule has 0 fully saturated rings. The molecule has 0 aliphatic rings. The van der Waals surface area contributed by atoms with Crippen LogP contribution in [0.4, 0.5) is 5.69 Å². The minimum Gasteiger partial charge on any atom is -0.328 e. The summed E-state index contributed by atoms with van der Waals surface area (Å²) in [6.07, 6.45) is 2.88. The van der Waals surface area contributed by atoms with Crippen LogP contribution in [0.25, 0.3) is 11.1 Å². The van der Waals surface area contributed by atoms with Gasteiger partial charge >= 0.3 is 5.97 Å². The number of hydrogen-bond acceptors (Lipinski definition) is 6. The summed E-state index contributed by atoms with van der Waals surface area (Å²) in [7, 11) is 0. The molecule has 2 rings (SSSR count). The maximum Gasteiger partial charge on any atom is 0.378 e. The maximum atomic E-state index is 11.9. The molecule has 8 heteroatoms. The lowest BCUT2D eigenvalue weighted by Gasteiger charge is -2.06. The lowest BCUT2D eigenvalue weighted by molar-refractivity contribution is -0.384. The van der Waals surface area contributed by atoms with Crippen molar-refractivity contribution in [1.82, 2.24) is 4.98 Å². The molecule has 0 atom stereocenters. The van der Waals surface area contributed by atoms with Crippen LogP contribution in [0.5, 0.6) is 0 Å². The molecule has 0 aliphatic carbocycles. The van der Waals surface area contributed by atoms with Gasteiger partial charge in [0.1, 0.15) is 5.56 Å². The zero-order chi connectivity index (χ0) is 17.5. The molecule has 0 bridgehead atoms. The van der Waals surface area contributed by atoms with Crippen LogP contribution in [0.15, 0.2) is 41.3 Å². The second-order valence-corrected chi connectivity index (χ2v) is 4.95. The van der Waals surface area contributed by atoms with Crippen LogP contribution in [0, 0.1) is 10.1 Å². The molecule has 0 saturated heterocycles. The number of unbranched alkanes of at least 4 members (excludes halogenated alkanes) is 1. The zero-order valence-electron chi connectivity index (χ0n) is 13.0. The fourth-order valence-corrected chi connectivity index (χ4v) is 2.01. The molecule has 1 aromatic carbocycles. The van der Waals surface area contributed by atoms with Gasteiger partial charge in [-0.25, -0.2) is 4.79 Å². The number of para-hydroxylation sites is 1. The number of rotatable bonds is 7. The number of nitro groups is 1. The second-order valence-electron chi connectivity index (χ2n) is 4.95. The number of carbonyl (C=O) groups is 1. The highest BCUT2D eigenvalue weighted by atomic mass is 17.2. The molecular formula is C16H16N2O6. The summed E-state index contributed by atoms with van der Waals surface area (Å²) in [5.41, 5.74) is -0.492. The van der Waals surface area contributed by atoms with E-state index in [9.17, 15) is 19.7 Å². The monoisotopic (exact) mass is 332 g/mol. The van der Waals surface area contributed by atoms with Gasteiger partial charge in [0.05, 0.1) is 17.1 Å². The van der Waals surface area contributed by atoms with Gasteiger partial charge < -0.3 is 4.98 Å². The molecule has 0 unspecified atom stereocenters. The molecule has 8 nitrogen and oxygen atoms in total. The fourth-order valence-electron chi connectivity index (χ4n) is 2.01. The molecule has 24 heavy (non-hydrogen) atoms. The Morgan fingerprint density at radius 3 is 2.79 bits per heavy atom. The highest BCUT2D eigenvalue weighted by Gasteiger charge is 2.19. The second kappa shape index (κ2) is 8.02. The van der Waals surface area contributed by atoms with Crippen LogP contribution in [-0.2, 0) is 9.78 Å². The van der Waals surface area contributed by atoms with Crippen molar-refractivity contribution in [3.63, 3.8) is 0 Å². The molecule has 0 spiro atoms. The van der Waals surface area contributed by atoms with Crippen LogP contribution in [0.2, 0.25) is 0 Å². The third-order valence-corrected chi connectivity index (χ3v) is 3.25. The number of H-pyrrole nitrogens is 1. The Labute approximate surface area is 137 Å². The quantitative estimate of drug-likeness (QED) is 0.361. The summed E-state index contributed by atoms with van der Waals surface area (Å²) >= 11 is 0. The average Bonchev–Trinajstić information content (AvgIpc) is 2.59. The number of aromatic amines is 1. The van der Waals surface area contributed by atoms with Crippen molar-refractivity contribution in [2.24, 2.45) is 0 Å². The van der Waals surface area contributed by atoms with Gasteiger partial charge in [0.15, 0.2) is 0 Å². The van der Waals surface area contributed by atoms with Gasteiger partial charge in [0.25, 0.3) is 11.2 Å². The first-order chi connectivity index (χ1) is 11.5. The van der Waals surface area contributed by atoms with E-state index in [2.05, 4.69) is 9.87 Å².